The largest absolute Gasteiger partial charge is 0.361 e. The van der Waals surface area contributed by atoms with Crippen molar-refractivity contribution in [2.45, 2.75) is 58.4 Å². The monoisotopic (exact) mass is 416 g/mol. The Balaban J connectivity index is 1.30. The molecule has 2 amide bonds. The molecular formula is C21H28N4O3S. The van der Waals surface area contributed by atoms with E-state index in [1.165, 1.54) is 0 Å². The minimum absolute atomic E-state index is 0.0148. The van der Waals surface area contributed by atoms with Crippen LogP contribution in [0.5, 0.6) is 0 Å². The third kappa shape index (κ3) is 4.69. The zero-order chi connectivity index (χ0) is 20.4. The van der Waals surface area contributed by atoms with E-state index in [0.29, 0.717) is 35.4 Å². The highest BCUT2D eigenvalue weighted by atomic mass is 32.1. The highest BCUT2D eigenvalue weighted by Crippen LogP contribution is 2.38. The van der Waals surface area contributed by atoms with Crippen LogP contribution in [-0.4, -0.2) is 28.5 Å². The van der Waals surface area contributed by atoms with Crippen LogP contribution in [0.1, 0.15) is 71.4 Å². The fourth-order valence-corrected chi connectivity index (χ4v) is 5.03. The second-order valence-electron chi connectivity index (χ2n) is 8.32. The first-order valence-electron chi connectivity index (χ1n) is 10.4. The van der Waals surface area contributed by atoms with Crippen molar-refractivity contribution in [3.05, 3.63) is 33.6 Å². The minimum Gasteiger partial charge on any atom is -0.361 e. The van der Waals surface area contributed by atoms with Crippen LogP contribution in [0.15, 0.2) is 16.1 Å². The molecule has 2 aliphatic carbocycles. The number of thiazole rings is 1. The topological polar surface area (TPSA) is 97.1 Å². The Morgan fingerprint density at radius 3 is 2.55 bits per heavy atom. The molecule has 2 saturated carbocycles. The summed E-state index contributed by atoms with van der Waals surface area (Å²) in [6.45, 7) is 4.20. The van der Waals surface area contributed by atoms with E-state index in [4.69, 9.17) is 4.52 Å². The molecule has 0 aromatic carbocycles. The van der Waals surface area contributed by atoms with Gasteiger partial charge in [-0.25, -0.2) is 4.98 Å². The Hall–Kier alpha value is -2.22. The summed E-state index contributed by atoms with van der Waals surface area (Å²) in [4.78, 5) is 29.3. The lowest BCUT2D eigenvalue weighted by molar-refractivity contribution is -0.123. The minimum atomic E-state index is -0.110. The summed E-state index contributed by atoms with van der Waals surface area (Å²) >= 11 is 1.62. The van der Waals surface area contributed by atoms with Gasteiger partial charge in [-0.1, -0.05) is 5.16 Å². The first-order chi connectivity index (χ1) is 14.0. The molecule has 0 saturated heterocycles. The maximum absolute atomic E-state index is 12.4. The van der Waals surface area contributed by atoms with Gasteiger partial charge in [-0.15, -0.1) is 11.3 Å². The van der Waals surface area contributed by atoms with Gasteiger partial charge in [-0.3, -0.25) is 9.59 Å². The molecule has 0 bridgehead atoms. The van der Waals surface area contributed by atoms with Crippen LogP contribution in [0.25, 0.3) is 0 Å². The second kappa shape index (κ2) is 8.65. The Bertz CT molecular complexity index is 832. The molecule has 7 nitrogen and oxygen atoms in total. The molecule has 29 heavy (non-hydrogen) atoms. The number of amides is 2. The Labute approximate surface area is 174 Å². The second-order valence-corrected chi connectivity index (χ2v) is 9.25. The van der Waals surface area contributed by atoms with E-state index in [2.05, 4.69) is 20.8 Å². The molecule has 1 atom stereocenters. The number of aryl methyl sites for hydroxylation is 2. The van der Waals surface area contributed by atoms with Crippen LogP contribution < -0.4 is 10.6 Å². The first kappa shape index (κ1) is 20.1. The smallest absolute Gasteiger partial charge is 0.256 e. The van der Waals surface area contributed by atoms with Gasteiger partial charge in [0.25, 0.3) is 5.91 Å². The first-order valence-corrected chi connectivity index (χ1v) is 11.3. The van der Waals surface area contributed by atoms with E-state index in [-0.39, 0.29) is 23.8 Å². The van der Waals surface area contributed by atoms with Gasteiger partial charge < -0.3 is 15.2 Å². The van der Waals surface area contributed by atoms with E-state index in [1.54, 1.807) is 25.2 Å². The molecule has 0 radical (unpaired) electrons. The van der Waals surface area contributed by atoms with Gasteiger partial charge in [0.05, 0.1) is 11.7 Å². The number of aromatic nitrogens is 2. The van der Waals surface area contributed by atoms with E-state index in [1.807, 2.05) is 11.6 Å². The Morgan fingerprint density at radius 1 is 1.21 bits per heavy atom. The highest BCUT2D eigenvalue weighted by molar-refractivity contribution is 7.09. The van der Waals surface area contributed by atoms with Gasteiger partial charge in [-0.2, -0.15) is 0 Å². The third-order valence-electron chi connectivity index (χ3n) is 6.14. The summed E-state index contributed by atoms with van der Waals surface area (Å²) in [5.41, 5.74) is 1.17. The SMILES string of the molecule is Cc1noc(C)c1C(=O)NCC1CCC(C(NC(=O)C2CC2)c2nccs2)CC1. The average molecular weight is 417 g/mol. The van der Waals surface area contributed by atoms with Crippen LogP contribution in [0.2, 0.25) is 0 Å². The number of hydrogen-bond acceptors (Lipinski definition) is 6. The van der Waals surface area contributed by atoms with Crippen molar-refractivity contribution >= 4 is 23.2 Å². The predicted molar refractivity (Wildman–Crippen MR) is 109 cm³/mol. The van der Waals surface area contributed by atoms with E-state index in [9.17, 15) is 9.59 Å². The van der Waals surface area contributed by atoms with E-state index < -0.39 is 0 Å². The third-order valence-corrected chi connectivity index (χ3v) is 7.00. The van der Waals surface area contributed by atoms with Gasteiger partial charge in [0, 0.05) is 24.0 Å². The van der Waals surface area contributed by atoms with Crippen LogP contribution >= 0.6 is 11.3 Å². The number of rotatable bonds is 7. The molecule has 2 heterocycles. The van der Waals surface area contributed by atoms with Gasteiger partial charge >= 0.3 is 0 Å². The fraction of sp³-hybridized carbons (Fsp3) is 0.619. The molecule has 2 fully saturated rings. The number of nitrogens with zero attached hydrogens (tertiary/aromatic N) is 2. The molecule has 0 aliphatic heterocycles. The lowest BCUT2D eigenvalue weighted by Gasteiger charge is -2.33. The number of carbonyl (C=O) groups is 2. The molecule has 8 heteroatoms. The molecular weight excluding hydrogens is 388 g/mol. The molecule has 1 unspecified atom stereocenters. The zero-order valence-electron chi connectivity index (χ0n) is 16.9. The standard InChI is InChI=1S/C21H28N4O3S/c1-12-17(13(2)28-25-12)20(27)23-11-14-3-5-15(6-4-14)18(21-22-9-10-29-21)24-19(26)16-7-8-16/h9-10,14-16,18H,3-8,11H2,1-2H3,(H,23,27)(H,24,26). The molecule has 2 aromatic rings. The zero-order valence-corrected chi connectivity index (χ0v) is 17.8. The van der Waals surface area contributed by atoms with Crippen molar-refractivity contribution in [1.82, 2.24) is 20.8 Å². The quantitative estimate of drug-likeness (QED) is 0.719. The maximum Gasteiger partial charge on any atom is 0.256 e. The Kier molecular flexibility index (Phi) is 5.99. The Morgan fingerprint density at radius 2 is 1.97 bits per heavy atom. The molecule has 2 N–H and O–H groups in total. The van der Waals surface area contributed by atoms with Crippen LogP contribution in [0.3, 0.4) is 0 Å². The van der Waals surface area contributed by atoms with Crippen molar-refractivity contribution < 1.29 is 14.1 Å². The summed E-state index contributed by atoms with van der Waals surface area (Å²) in [5, 5.41) is 13.1. The molecule has 2 aliphatic rings. The number of carbonyl (C=O) groups excluding carboxylic acids is 2. The van der Waals surface area contributed by atoms with E-state index in [0.717, 1.165) is 43.5 Å². The summed E-state index contributed by atoms with van der Waals surface area (Å²) in [7, 11) is 0. The van der Waals surface area contributed by atoms with Gasteiger partial charge in [-0.05, 0) is 64.2 Å². The van der Waals surface area contributed by atoms with Gasteiger partial charge in [0.15, 0.2) is 0 Å². The van der Waals surface area contributed by atoms with Crippen molar-refractivity contribution in [2.75, 3.05) is 6.54 Å². The summed E-state index contributed by atoms with van der Waals surface area (Å²) in [5.74, 6) is 1.68. The highest BCUT2D eigenvalue weighted by Gasteiger charge is 2.36. The molecule has 0 spiro atoms. The van der Waals surface area contributed by atoms with Crippen LogP contribution in [0.4, 0.5) is 0 Å². The fourth-order valence-electron chi connectivity index (χ4n) is 4.24. The van der Waals surface area contributed by atoms with Crippen molar-refractivity contribution in [1.29, 1.82) is 0 Å². The number of hydrogen-bond donors (Lipinski definition) is 2. The van der Waals surface area contributed by atoms with Crippen molar-refractivity contribution in [2.24, 2.45) is 17.8 Å². The van der Waals surface area contributed by atoms with Crippen LogP contribution in [-0.2, 0) is 4.79 Å². The predicted octanol–water partition coefficient (Wildman–Crippen LogP) is 3.55. The molecule has 2 aromatic heterocycles. The van der Waals surface area contributed by atoms with Crippen molar-refractivity contribution in [3.63, 3.8) is 0 Å². The van der Waals surface area contributed by atoms with Gasteiger partial charge in [0.1, 0.15) is 16.3 Å². The van der Waals surface area contributed by atoms with Crippen molar-refractivity contribution in [3.8, 4) is 0 Å². The molecule has 4 rings (SSSR count). The number of nitrogens with one attached hydrogen (secondary N) is 2. The summed E-state index contributed by atoms with van der Waals surface area (Å²) in [6.07, 6.45) is 7.96. The maximum atomic E-state index is 12.4. The van der Waals surface area contributed by atoms with E-state index >= 15 is 0 Å². The summed E-state index contributed by atoms with van der Waals surface area (Å²) < 4.78 is 5.09. The van der Waals surface area contributed by atoms with Gasteiger partial charge in [0.2, 0.25) is 5.91 Å². The lowest BCUT2D eigenvalue weighted by atomic mass is 9.78. The molecule has 156 valence electrons. The normalized spacial score (nSPS) is 22.8. The summed E-state index contributed by atoms with van der Waals surface area (Å²) in [6, 6.07) is 0.0148. The average Bonchev–Trinajstić information content (AvgIpc) is 3.33. The van der Waals surface area contributed by atoms with Crippen LogP contribution in [0, 0.1) is 31.6 Å². The lowest BCUT2D eigenvalue weighted by Crippen LogP contribution is -2.37.